The number of rotatable bonds is 3. The van der Waals surface area contributed by atoms with Gasteiger partial charge in [-0.3, -0.25) is 0 Å². The zero-order chi connectivity index (χ0) is 18.8. The van der Waals surface area contributed by atoms with Gasteiger partial charge < -0.3 is 14.8 Å². The van der Waals surface area contributed by atoms with Crippen molar-refractivity contribution in [2.45, 2.75) is 39.7 Å². The summed E-state index contributed by atoms with van der Waals surface area (Å²) >= 11 is 1.70. The van der Waals surface area contributed by atoms with Gasteiger partial charge in [-0.25, -0.2) is 9.97 Å². The third kappa shape index (κ3) is 2.46. The molecule has 1 N–H and O–H groups in total. The van der Waals surface area contributed by atoms with Crippen molar-refractivity contribution >= 4 is 33.3 Å². The van der Waals surface area contributed by atoms with Gasteiger partial charge in [0.1, 0.15) is 22.8 Å². The molecule has 2 aliphatic rings. The van der Waals surface area contributed by atoms with Gasteiger partial charge in [0.2, 0.25) is 5.13 Å². The Bertz CT molecular complexity index is 977. The molecule has 1 aliphatic heterocycles. The molecule has 0 bridgehead atoms. The lowest BCUT2D eigenvalue weighted by atomic mass is 9.71. The smallest absolute Gasteiger partial charge is 0.208 e. The Hall–Kier alpha value is -2.22. The fourth-order valence-corrected chi connectivity index (χ4v) is 5.84. The average molecular weight is 384 g/mol. The zero-order valence-electron chi connectivity index (χ0n) is 16.2. The largest absolute Gasteiger partial charge is 0.356 e. The quantitative estimate of drug-likeness (QED) is 0.748. The number of aromatic nitrogens is 5. The van der Waals surface area contributed by atoms with Gasteiger partial charge in [0, 0.05) is 32.4 Å². The zero-order valence-corrected chi connectivity index (χ0v) is 17.0. The predicted molar refractivity (Wildman–Crippen MR) is 108 cm³/mol. The summed E-state index contributed by atoms with van der Waals surface area (Å²) in [7, 11) is 2.18. The fourth-order valence-electron chi connectivity index (χ4n) is 5.15. The van der Waals surface area contributed by atoms with E-state index in [1.165, 1.54) is 0 Å². The van der Waals surface area contributed by atoms with Crippen LogP contribution in [0.2, 0.25) is 0 Å². The number of anilines is 2. The standard InChI is InChI=1S/C19H25N7S/c1-12-23-24-17(27-12)26-9-18(2)7-13(8-19(18,3)10-26)25(4)16-14-5-6-20-15(14)21-11-22-16/h5-6,11,13H,7-10H2,1-4H3,(H,20,21,22)/t13?,18-,19+. The molecule has 142 valence electrons. The number of hydrogen-bond donors (Lipinski definition) is 1. The van der Waals surface area contributed by atoms with Crippen molar-refractivity contribution in [2.24, 2.45) is 10.8 Å². The molecule has 0 spiro atoms. The highest BCUT2D eigenvalue weighted by Crippen LogP contribution is 2.59. The Kier molecular flexibility index (Phi) is 3.53. The Balaban J connectivity index is 1.41. The minimum atomic E-state index is 0.260. The van der Waals surface area contributed by atoms with E-state index in [0.717, 1.165) is 52.9 Å². The molecule has 5 rings (SSSR count). The Morgan fingerprint density at radius 2 is 1.93 bits per heavy atom. The first kappa shape index (κ1) is 16.9. The minimum absolute atomic E-state index is 0.260. The molecule has 1 saturated carbocycles. The molecule has 4 heterocycles. The summed E-state index contributed by atoms with van der Waals surface area (Å²) in [5.41, 5.74) is 1.42. The Morgan fingerprint density at radius 3 is 2.59 bits per heavy atom. The van der Waals surface area contributed by atoms with Gasteiger partial charge in [-0.15, -0.1) is 10.2 Å². The van der Waals surface area contributed by atoms with E-state index in [4.69, 9.17) is 0 Å². The van der Waals surface area contributed by atoms with E-state index in [1.807, 2.05) is 13.1 Å². The SMILES string of the molecule is Cc1nnc(N2C[C@]3(C)CC(N(C)c4ncnc5[nH]ccc45)C[C@]3(C)C2)s1. The highest BCUT2D eigenvalue weighted by atomic mass is 32.1. The van der Waals surface area contributed by atoms with Crippen LogP contribution in [0.15, 0.2) is 18.6 Å². The van der Waals surface area contributed by atoms with Crippen LogP contribution in [-0.4, -0.2) is 51.3 Å². The van der Waals surface area contributed by atoms with Crippen LogP contribution in [0.4, 0.5) is 10.9 Å². The van der Waals surface area contributed by atoms with Crippen LogP contribution in [0.3, 0.4) is 0 Å². The lowest BCUT2D eigenvalue weighted by Gasteiger charge is -2.31. The summed E-state index contributed by atoms with van der Waals surface area (Å²) in [4.78, 5) is 16.9. The van der Waals surface area contributed by atoms with Gasteiger partial charge in [0.15, 0.2) is 0 Å². The second kappa shape index (κ2) is 5.64. The van der Waals surface area contributed by atoms with Gasteiger partial charge in [0.05, 0.1) is 5.39 Å². The maximum absolute atomic E-state index is 4.60. The van der Waals surface area contributed by atoms with Crippen LogP contribution >= 0.6 is 11.3 Å². The van der Waals surface area contributed by atoms with Gasteiger partial charge in [-0.2, -0.15) is 0 Å². The second-order valence-electron chi connectivity index (χ2n) is 8.69. The monoisotopic (exact) mass is 383 g/mol. The van der Waals surface area contributed by atoms with Gasteiger partial charge >= 0.3 is 0 Å². The maximum atomic E-state index is 4.60. The van der Waals surface area contributed by atoms with Crippen molar-refractivity contribution in [2.75, 3.05) is 29.9 Å². The van der Waals surface area contributed by atoms with Crippen molar-refractivity contribution in [3.8, 4) is 0 Å². The fraction of sp³-hybridized carbons (Fsp3) is 0.579. The summed E-state index contributed by atoms with van der Waals surface area (Å²) in [5, 5.41) is 11.8. The number of aromatic amines is 1. The molecular weight excluding hydrogens is 358 g/mol. The van der Waals surface area contributed by atoms with E-state index in [2.05, 4.69) is 61.9 Å². The van der Waals surface area contributed by atoms with E-state index in [-0.39, 0.29) is 10.8 Å². The predicted octanol–water partition coefficient (Wildman–Crippen LogP) is 3.25. The van der Waals surface area contributed by atoms with E-state index in [0.29, 0.717) is 6.04 Å². The summed E-state index contributed by atoms with van der Waals surface area (Å²) in [6.45, 7) is 9.01. The first-order valence-corrected chi connectivity index (χ1v) is 10.3. The molecule has 0 radical (unpaired) electrons. The molecule has 1 saturated heterocycles. The number of aryl methyl sites for hydroxylation is 1. The highest BCUT2D eigenvalue weighted by Gasteiger charge is 2.59. The molecule has 8 heteroatoms. The number of H-pyrrole nitrogens is 1. The van der Waals surface area contributed by atoms with Gasteiger partial charge in [0.25, 0.3) is 0 Å². The third-order valence-corrected chi connectivity index (χ3v) is 7.81. The third-order valence-electron chi connectivity index (χ3n) is 6.91. The molecule has 2 fully saturated rings. The van der Waals surface area contributed by atoms with E-state index >= 15 is 0 Å². The molecular formula is C19H25N7S. The van der Waals surface area contributed by atoms with E-state index in [9.17, 15) is 0 Å². The van der Waals surface area contributed by atoms with Crippen molar-refractivity contribution in [3.63, 3.8) is 0 Å². The normalized spacial score (nSPS) is 30.2. The van der Waals surface area contributed by atoms with Crippen molar-refractivity contribution < 1.29 is 0 Å². The summed E-state index contributed by atoms with van der Waals surface area (Å²) in [5.74, 6) is 1.02. The van der Waals surface area contributed by atoms with E-state index < -0.39 is 0 Å². The first-order chi connectivity index (χ1) is 12.9. The number of nitrogens with zero attached hydrogens (tertiary/aromatic N) is 6. The topological polar surface area (TPSA) is 73.8 Å². The van der Waals surface area contributed by atoms with Crippen LogP contribution in [0, 0.1) is 17.8 Å². The highest BCUT2D eigenvalue weighted by molar-refractivity contribution is 7.15. The molecule has 3 atom stereocenters. The Labute approximate surface area is 162 Å². The number of fused-ring (bicyclic) bond motifs is 2. The molecule has 3 aromatic rings. The molecule has 3 aromatic heterocycles. The molecule has 0 amide bonds. The summed E-state index contributed by atoms with van der Waals surface area (Å²) in [6, 6.07) is 2.55. The summed E-state index contributed by atoms with van der Waals surface area (Å²) in [6.07, 6.45) is 5.91. The first-order valence-electron chi connectivity index (χ1n) is 9.45. The molecule has 7 nitrogen and oxygen atoms in total. The number of nitrogens with one attached hydrogen (secondary N) is 1. The van der Waals surface area contributed by atoms with Crippen molar-refractivity contribution in [1.82, 2.24) is 25.1 Å². The number of hydrogen-bond acceptors (Lipinski definition) is 7. The second-order valence-corrected chi connectivity index (χ2v) is 9.85. The minimum Gasteiger partial charge on any atom is -0.356 e. The van der Waals surface area contributed by atoms with Crippen LogP contribution in [0.1, 0.15) is 31.7 Å². The van der Waals surface area contributed by atoms with Gasteiger partial charge in [-0.05, 0) is 36.7 Å². The molecule has 0 aromatic carbocycles. The van der Waals surface area contributed by atoms with Crippen LogP contribution < -0.4 is 9.80 Å². The Morgan fingerprint density at radius 1 is 1.19 bits per heavy atom. The molecule has 1 unspecified atom stereocenters. The average Bonchev–Trinajstić information content (AvgIpc) is 3.35. The lowest BCUT2D eigenvalue weighted by molar-refractivity contribution is 0.184. The molecule has 27 heavy (non-hydrogen) atoms. The summed E-state index contributed by atoms with van der Waals surface area (Å²) < 4.78 is 0. The van der Waals surface area contributed by atoms with Gasteiger partial charge in [-0.1, -0.05) is 25.2 Å². The molecule has 1 aliphatic carbocycles. The van der Waals surface area contributed by atoms with Crippen molar-refractivity contribution in [1.29, 1.82) is 0 Å². The van der Waals surface area contributed by atoms with Crippen LogP contribution in [0.5, 0.6) is 0 Å². The van der Waals surface area contributed by atoms with Crippen molar-refractivity contribution in [3.05, 3.63) is 23.6 Å². The maximum Gasteiger partial charge on any atom is 0.208 e. The van der Waals surface area contributed by atoms with Crippen LogP contribution in [0.25, 0.3) is 11.0 Å². The lowest BCUT2D eigenvalue weighted by Crippen LogP contribution is -2.34. The van der Waals surface area contributed by atoms with Crippen LogP contribution in [-0.2, 0) is 0 Å². The van der Waals surface area contributed by atoms with E-state index in [1.54, 1.807) is 17.7 Å².